The molecule has 0 aliphatic heterocycles. The van der Waals surface area contributed by atoms with Crippen molar-refractivity contribution in [3.63, 3.8) is 0 Å². The summed E-state index contributed by atoms with van der Waals surface area (Å²) in [6.07, 6.45) is 0. The Morgan fingerprint density at radius 2 is 1.89 bits per heavy atom. The average Bonchev–Trinajstić information content (AvgIpc) is 2.63. The molecule has 0 aromatic carbocycles. The van der Waals surface area contributed by atoms with Crippen molar-refractivity contribution in [3.05, 3.63) is 23.0 Å². The molecule has 3 nitrogen and oxygen atoms in total. The minimum absolute atomic E-state index is 0.225. The monoisotopic (exact) mass is 264 g/mol. The van der Waals surface area contributed by atoms with Gasteiger partial charge in [-0.2, -0.15) is 0 Å². The number of ketones is 1. The Labute approximate surface area is 117 Å². The van der Waals surface area contributed by atoms with Crippen LogP contribution in [-0.4, -0.2) is 34.9 Å². The lowest BCUT2D eigenvalue weighted by atomic mass is 10.0. The van der Waals surface area contributed by atoms with Crippen LogP contribution in [0, 0.1) is 19.8 Å². The fourth-order valence-electron chi connectivity index (χ4n) is 2.53. The molecule has 0 amide bonds. The molecule has 0 spiro atoms. The number of hydrogen-bond donors (Lipinski definition) is 0. The zero-order chi connectivity index (χ0) is 14.7. The number of hydrogen-bond acceptors (Lipinski definition) is 2. The minimum Gasteiger partial charge on any atom is -0.349 e. The predicted octanol–water partition coefficient (Wildman–Crippen LogP) is 3.28. The van der Waals surface area contributed by atoms with Gasteiger partial charge in [0, 0.05) is 29.5 Å². The van der Waals surface area contributed by atoms with E-state index in [4.69, 9.17) is 0 Å². The fraction of sp³-hybridized carbons (Fsp3) is 0.688. The van der Waals surface area contributed by atoms with Crippen LogP contribution >= 0.6 is 0 Å². The van der Waals surface area contributed by atoms with Crippen LogP contribution in [0.4, 0.5) is 0 Å². The summed E-state index contributed by atoms with van der Waals surface area (Å²) in [5.74, 6) is 0.781. The van der Waals surface area contributed by atoms with Crippen LogP contribution in [0.2, 0.25) is 0 Å². The molecular formula is C16H28N2O. The molecular weight excluding hydrogens is 236 g/mol. The van der Waals surface area contributed by atoms with Gasteiger partial charge in [0.1, 0.15) is 0 Å². The Balaban J connectivity index is 2.85. The van der Waals surface area contributed by atoms with Gasteiger partial charge in [-0.05, 0) is 46.7 Å². The molecule has 1 atom stereocenters. The van der Waals surface area contributed by atoms with Crippen molar-refractivity contribution in [1.29, 1.82) is 0 Å². The number of likely N-dealkylation sites (N-methyl/N-ethyl adjacent to an activating group) is 1. The molecule has 0 radical (unpaired) electrons. The van der Waals surface area contributed by atoms with Gasteiger partial charge in [0.15, 0.2) is 5.78 Å². The summed E-state index contributed by atoms with van der Waals surface area (Å²) in [5.41, 5.74) is 3.14. The topological polar surface area (TPSA) is 25.2 Å². The number of aryl methyl sites for hydroxylation is 1. The van der Waals surface area contributed by atoms with Gasteiger partial charge in [0.05, 0.1) is 6.54 Å². The Bertz CT molecular complexity index is 446. The molecule has 1 aromatic heterocycles. The highest BCUT2D eigenvalue weighted by Crippen LogP contribution is 2.17. The number of nitrogens with zero attached hydrogens (tertiary/aromatic N) is 2. The molecule has 0 saturated heterocycles. The van der Waals surface area contributed by atoms with Gasteiger partial charge in [0.2, 0.25) is 0 Å². The Morgan fingerprint density at radius 3 is 2.32 bits per heavy atom. The SMILES string of the molecule is CCn1c(C)cc(C(=O)CN(C)C(C)C(C)C)c1C. The lowest BCUT2D eigenvalue weighted by Gasteiger charge is -2.27. The summed E-state index contributed by atoms with van der Waals surface area (Å²) < 4.78 is 2.19. The van der Waals surface area contributed by atoms with Crippen molar-refractivity contribution < 1.29 is 4.79 Å². The third-order valence-electron chi connectivity index (χ3n) is 4.24. The van der Waals surface area contributed by atoms with Crippen molar-refractivity contribution in [1.82, 2.24) is 9.47 Å². The maximum atomic E-state index is 12.4. The highest BCUT2D eigenvalue weighted by molar-refractivity contribution is 5.99. The molecule has 1 heterocycles. The second-order valence-corrected chi connectivity index (χ2v) is 5.85. The summed E-state index contributed by atoms with van der Waals surface area (Å²) in [7, 11) is 2.03. The third-order valence-corrected chi connectivity index (χ3v) is 4.24. The van der Waals surface area contributed by atoms with Crippen LogP contribution in [0.3, 0.4) is 0 Å². The van der Waals surface area contributed by atoms with E-state index in [9.17, 15) is 4.79 Å². The number of aromatic nitrogens is 1. The lowest BCUT2D eigenvalue weighted by molar-refractivity contribution is 0.0906. The summed E-state index contributed by atoms with van der Waals surface area (Å²) in [6.45, 7) is 14.2. The molecule has 108 valence electrons. The summed E-state index contributed by atoms with van der Waals surface area (Å²) in [4.78, 5) is 14.6. The van der Waals surface area contributed by atoms with Crippen LogP contribution in [0.15, 0.2) is 6.07 Å². The third kappa shape index (κ3) is 3.47. The van der Waals surface area contributed by atoms with Crippen LogP contribution < -0.4 is 0 Å². The Kier molecular flexibility index (Phi) is 5.36. The molecule has 19 heavy (non-hydrogen) atoms. The smallest absolute Gasteiger partial charge is 0.178 e. The first-order valence-corrected chi connectivity index (χ1v) is 7.19. The number of carbonyl (C=O) groups excluding carboxylic acids is 1. The van der Waals surface area contributed by atoms with E-state index in [1.807, 2.05) is 20.0 Å². The zero-order valence-corrected chi connectivity index (χ0v) is 13.4. The molecule has 3 heteroatoms. The van der Waals surface area contributed by atoms with Gasteiger partial charge in [0.25, 0.3) is 0 Å². The van der Waals surface area contributed by atoms with E-state index >= 15 is 0 Å². The maximum absolute atomic E-state index is 12.4. The largest absolute Gasteiger partial charge is 0.349 e. The molecule has 0 saturated carbocycles. The predicted molar refractivity (Wildman–Crippen MR) is 80.8 cm³/mol. The lowest BCUT2D eigenvalue weighted by Crippen LogP contribution is -2.37. The number of carbonyl (C=O) groups is 1. The van der Waals surface area contributed by atoms with Crippen LogP contribution in [0.1, 0.15) is 49.4 Å². The molecule has 1 rings (SSSR count). The zero-order valence-electron chi connectivity index (χ0n) is 13.4. The highest BCUT2D eigenvalue weighted by atomic mass is 16.1. The quantitative estimate of drug-likeness (QED) is 0.737. The maximum Gasteiger partial charge on any atom is 0.178 e. The van der Waals surface area contributed by atoms with Crippen LogP contribution in [0.25, 0.3) is 0 Å². The normalized spacial score (nSPS) is 13.3. The van der Waals surface area contributed by atoms with Crippen molar-refractivity contribution in [2.45, 2.75) is 54.1 Å². The van der Waals surface area contributed by atoms with Gasteiger partial charge in [-0.3, -0.25) is 9.69 Å². The van der Waals surface area contributed by atoms with Crippen LogP contribution in [0.5, 0.6) is 0 Å². The first-order chi connectivity index (χ1) is 8.79. The molecule has 0 aliphatic carbocycles. The Morgan fingerprint density at radius 1 is 1.32 bits per heavy atom. The average molecular weight is 264 g/mol. The van der Waals surface area contributed by atoms with Crippen molar-refractivity contribution in [2.24, 2.45) is 5.92 Å². The van der Waals surface area contributed by atoms with Crippen molar-refractivity contribution >= 4 is 5.78 Å². The van der Waals surface area contributed by atoms with Gasteiger partial charge < -0.3 is 4.57 Å². The minimum atomic E-state index is 0.225. The first-order valence-electron chi connectivity index (χ1n) is 7.19. The second-order valence-electron chi connectivity index (χ2n) is 5.85. The molecule has 0 aliphatic rings. The van der Waals surface area contributed by atoms with Crippen molar-refractivity contribution in [3.8, 4) is 0 Å². The number of rotatable bonds is 6. The highest BCUT2D eigenvalue weighted by Gasteiger charge is 2.20. The summed E-state index contributed by atoms with van der Waals surface area (Å²) in [5, 5.41) is 0. The fourth-order valence-corrected chi connectivity index (χ4v) is 2.53. The summed E-state index contributed by atoms with van der Waals surface area (Å²) >= 11 is 0. The standard InChI is InChI=1S/C16H28N2O/c1-8-18-12(4)9-15(14(18)6)16(19)10-17(7)13(5)11(2)3/h9,11,13H,8,10H2,1-7H3. The molecule has 0 bridgehead atoms. The molecule has 0 N–H and O–H groups in total. The number of Topliss-reactive ketones (excluding diaryl/α,β-unsaturated/α-hetero) is 1. The molecule has 1 aromatic rings. The van der Waals surface area contributed by atoms with Gasteiger partial charge in [-0.25, -0.2) is 0 Å². The van der Waals surface area contributed by atoms with Crippen LogP contribution in [-0.2, 0) is 6.54 Å². The van der Waals surface area contributed by atoms with E-state index in [2.05, 4.69) is 44.1 Å². The summed E-state index contributed by atoms with van der Waals surface area (Å²) in [6, 6.07) is 2.44. The van der Waals surface area contributed by atoms with Gasteiger partial charge in [-0.1, -0.05) is 13.8 Å². The molecule has 0 fully saturated rings. The van der Waals surface area contributed by atoms with Gasteiger partial charge in [-0.15, -0.1) is 0 Å². The van der Waals surface area contributed by atoms with Gasteiger partial charge >= 0.3 is 0 Å². The van der Waals surface area contributed by atoms with E-state index in [1.54, 1.807) is 0 Å². The van der Waals surface area contributed by atoms with E-state index in [0.717, 1.165) is 17.8 Å². The first kappa shape index (κ1) is 16.0. The van der Waals surface area contributed by atoms with E-state index < -0.39 is 0 Å². The van der Waals surface area contributed by atoms with E-state index in [-0.39, 0.29) is 5.78 Å². The Hall–Kier alpha value is -1.09. The molecule has 1 unspecified atom stereocenters. The van der Waals surface area contributed by atoms with E-state index in [0.29, 0.717) is 18.5 Å². The van der Waals surface area contributed by atoms with E-state index in [1.165, 1.54) is 5.69 Å². The second kappa shape index (κ2) is 6.38. The van der Waals surface area contributed by atoms with Crippen molar-refractivity contribution in [2.75, 3.05) is 13.6 Å².